The molecule has 0 radical (unpaired) electrons. The SMILES string of the molecule is CC[C@H](CCn1cncn1)c1ccccc1. The molecule has 0 N–H and O–H groups in total. The van der Waals surface area contributed by atoms with E-state index in [-0.39, 0.29) is 0 Å². The minimum absolute atomic E-state index is 0.616. The Morgan fingerprint density at radius 1 is 1.25 bits per heavy atom. The van der Waals surface area contributed by atoms with Crippen molar-refractivity contribution in [1.29, 1.82) is 0 Å². The van der Waals surface area contributed by atoms with Crippen LogP contribution in [0, 0.1) is 0 Å². The lowest BCUT2D eigenvalue weighted by molar-refractivity contribution is 0.503. The average Bonchev–Trinajstić information content (AvgIpc) is 2.84. The molecule has 1 atom stereocenters. The second kappa shape index (κ2) is 5.45. The first kappa shape index (κ1) is 10.9. The maximum atomic E-state index is 4.12. The number of benzene rings is 1. The summed E-state index contributed by atoms with van der Waals surface area (Å²) in [5.74, 6) is 0.616. The number of nitrogens with zero attached hydrogens (tertiary/aromatic N) is 3. The van der Waals surface area contributed by atoms with Crippen molar-refractivity contribution in [3.63, 3.8) is 0 Å². The third-order valence-electron chi connectivity index (χ3n) is 2.94. The van der Waals surface area contributed by atoms with Gasteiger partial charge in [-0.2, -0.15) is 5.10 Å². The second-order valence-corrected chi connectivity index (χ2v) is 3.96. The number of aryl methyl sites for hydroxylation is 1. The zero-order chi connectivity index (χ0) is 11.2. The molecule has 1 aromatic carbocycles. The third kappa shape index (κ3) is 2.69. The van der Waals surface area contributed by atoms with Gasteiger partial charge in [0.1, 0.15) is 12.7 Å². The predicted molar refractivity (Wildman–Crippen MR) is 64.1 cm³/mol. The Balaban J connectivity index is 1.96. The van der Waals surface area contributed by atoms with Crippen molar-refractivity contribution in [1.82, 2.24) is 14.8 Å². The van der Waals surface area contributed by atoms with Crippen LogP contribution in [0.25, 0.3) is 0 Å². The molecule has 0 spiro atoms. The lowest BCUT2D eigenvalue weighted by atomic mass is 9.93. The largest absolute Gasteiger partial charge is 0.253 e. The minimum atomic E-state index is 0.616. The molecule has 0 aliphatic rings. The van der Waals surface area contributed by atoms with Crippen LogP contribution in [0.5, 0.6) is 0 Å². The van der Waals surface area contributed by atoms with E-state index >= 15 is 0 Å². The maximum Gasteiger partial charge on any atom is 0.137 e. The highest BCUT2D eigenvalue weighted by Crippen LogP contribution is 2.23. The average molecular weight is 215 g/mol. The van der Waals surface area contributed by atoms with Crippen LogP contribution in [0.3, 0.4) is 0 Å². The summed E-state index contributed by atoms with van der Waals surface area (Å²) in [7, 11) is 0. The van der Waals surface area contributed by atoms with E-state index in [4.69, 9.17) is 0 Å². The van der Waals surface area contributed by atoms with E-state index in [0.29, 0.717) is 5.92 Å². The van der Waals surface area contributed by atoms with Gasteiger partial charge in [0.25, 0.3) is 0 Å². The Morgan fingerprint density at radius 3 is 2.69 bits per heavy atom. The quantitative estimate of drug-likeness (QED) is 0.767. The number of rotatable bonds is 5. The third-order valence-corrected chi connectivity index (χ3v) is 2.94. The van der Waals surface area contributed by atoms with E-state index in [2.05, 4.69) is 47.3 Å². The molecule has 0 fully saturated rings. The fourth-order valence-corrected chi connectivity index (χ4v) is 1.97. The van der Waals surface area contributed by atoms with Gasteiger partial charge in [-0.15, -0.1) is 0 Å². The normalized spacial score (nSPS) is 12.6. The van der Waals surface area contributed by atoms with E-state index in [1.807, 2.05) is 4.68 Å². The summed E-state index contributed by atoms with van der Waals surface area (Å²) in [6, 6.07) is 10.7. The molecule has 0 bridgehead atoms. The molecule has 0 aliphatic carbocycles. The van der Waals surface area contributed by atoms with Gasteiger partial charge in [-0.3, -0.25) is 4.68 Å². The second-order valence-electron chi connectivity index (χ2n) is 3.96. The van der Waals surface area contributed by atoms with Gasteiger partial charge < -0.3 is 0 Å². The van der Waals surface area contributed by atoms with Crippen LogP contribution in [0.4, 0.5) is 0 Å². The van der Waals surface area contributed by atoms with Crippen molar-refractivity contribution in [2.24, 2.45) is 0 Å². The van der Waals surface area contributed by atoms with Crippen molar-refractivity contribution >= 4 is 0 Å². The zero-order valence-corrected chi connectivity index (χ0v) is 9.58. The summed E-state index contributed by atoms with van der Waals surface area (Å²) >= 11 is 0. The molecule has 1 heterocycles. The van der Waals surface area contributed by atoms with E-state index in [1.165, 1.54) is 12.0 Å². The molecule has 1 aromatic heterocycles. The van der Waals surface area contributed by atoms with Gasteiger partial charge in [-0.05, 0) is 24.3 Å². The van der Waals surface area contributed by atoms with Crippen molar-refractivity contribution < 1.29 is 0 Å². The first-order chi connectivity index (χ1) is 7.90. The first-order valence-electron chi connectivity index (χ1n) is 5.77. The molecule has 3 heteroatoms. The Bertz CT molecular complexity index is 394. The molecular formula is C13H17N3. The van der Waals surface area contributed by atoms with Gasteiger partial charge in [0, 0.05) is 6.54 Å². The number of hydrogen-bond donors (Lipinski definition) is 0. The molecule has 16 heavy (non-hydrogen) atoms. The molecule has 2 rings (SSSR count). The van der Waals surface area contributed by atoms with E-state index < -0.39 is 0 Å². The monoisotopic (exact) mass is 215 g/mol. The molecule has 2 aromatic rings. The maximum absolute atomic E-state index is 4.12. The Morgan fingerprint density at radius 2 is 2.06 bits per heavy atom. The van der Waals surface area contributed by atoms with Crippen LogP contribution in [-0.4, -0.2) is 14.8 Å². The van der Waals surface area contributed by atoms with Gasteiger partial charge in [0.2, 0.25) is 0 Å². The highest BCUT2D eigenvalue weighted by molar-refractivity contribution is 5.19. The Labute approximate surface area is 96.1 Å². The standard InChI is InChI=1S/C13H17N3/c1-2-12(13-6-4-3-5-7-13)8-9-16-11-14-10-15-16/h3-7,10-12H,2,8-9H2,1H3/t12-/m1/s1. The van der Waals surface area contributed by atoms with Gasteiger partial charge in [0.05, 0.1) is 0 Å². The molecule has 84 valence electrons. The fraction of sp³-hybridized carbons (Fsp3) is 0.385. The molecule has 0 aliphatic heterocycles. The summed E-state index contributed by atoms with van der Waals surface area (Å²) in [6.07, 6.45) is 5.64. The zero-order valence-electron chi connectivity index (χ0n) is 9.58. The van der Waals surface area contributed by atoms with Crippen LogP contribution in [0.2, 0.25) is 0 Å². The van der Waals surface area contributed by atoms with E-state index in [9.17, 15) is 0 Å². The lowest BCUT2D eigenvalue weighted by Gasteiger charge is -2.14. The molecule has 0 saturated carbocycles. The summed E-state index contributed by atoms with van der Waals surface area (Å²) in [6.45, 7) is 3.17. The molecule has 0 saturated heterocycles. The van der Waals surface area contributed by atoms with Crippen molar-refractivity contribution in [3.05, 3.63) is 48.5 Å². The van der Waals surface area contributed by atoms with Gasteiger partial charge >= 0.3 is 0 Å². The van der Waals surface area contributed by atoms with Crippen LogP contribution in [0.1, 0.15) is 31.2 Å². The van der Waals surface area contributed by atoms with Crippen LogP contribution in [-0.2, 0) is 6.54 Å². The van der Waals surface area contributed by atoms with Crippen molar-refractivity contribution in [2.45, 2.75) is 32.2 Å². The Kier molecular flexibility index (Phi) is 3.70. The van der Waals surface area contributed by atoms with E-state index in [1.54, 1.807) is 12.7 Å². The van der Waals surface area contributed by atoms with Crippen LogP contribution in [0.15, 0.2) is 43.0 Å². The van der Waals surface area contributed by atoms with Crippen molar-refractivity contribution in [3.8, 4) is 0 Å². The fourth-order valence-electron chi connectivity index (χ4n) is 1.97. The van der Waals surface area contributed by atoms with Crippen LogP contribution >= 0.6 is 0 Å². The summed E-state index contributed by atoms with van der Waals surface area (Å²) < 4.78 is 1.89. The molecule has 0 amide bonds. The van der Waals surface area contributed by atoms with Crippen molar-refractivity contribution in [2.75, 3.05) is 0 Å². The lowest BCUT2D eigenvalue weighted by Crippen LogP contribution is -2.05. The molecule has 0 unspecified atom stereocenters. The molecular weight excluding hydrogens is 198 g/mol. The Hall–Kier alpha value is -1.64. The summed E-state index contributed by atoms with van der Waals surface area (Å²) in [5.41, 5.74) is 1.42. The summed E-state index contributed by atoms with van der Waals surface area (Å²) in [4.78, 5) is 3.95. The van der Waals surface area contributed by atoms with E-state index in [0.717, 1.165) is 13.0 Å². The van der Waals surface area contributed by atoms with Gasteiger partial charge in [-0.25, -0.2) is 4.98 Å². The topological polar surface area (TPSA) is 30.7 Å². The molecule has 3 nitrogen and oxygen atoms in total. The number of aromatic nitrogens is 3. The first-order valence-corrected chi connectivity index (χ1v) is 5.77. The highest BCUT2D eigenvalue weighted by Gasteiger charge is 2.08. The minimum Gasteiger partial charge on any atom is -0.253 e. The van der Waals surface area contributed by atoms with Gasteiger partial charge in [-0.1, -0.05) is 37.3 Å². The number of hydrogen-bond acceptors (Lipinski definition) is 2. The summed E-state index contributed by atoms with van der Waals surface area (Å²) in [5, 5.41) is 4.12. The predicted octanol–water partition coefficient (Wildman–Crippen LogP) is 2.86. The van der Waals surface area contributed by atoms with Gasteiger partial charge in [0.15, 0.2) is 0 Å². The highest BCUT2D eigenvalue weighted by atomic mass is 15.3. The van der Waals surface area contributed by atoms with Crippen LogP contribution < -0.4 is 0 Å². The smallest absolute Gasteiger partial charge is 0.137 e.